The Morgan fingerprint density at radius 3 is 1.48 bits per heavy atom. The Hall–Kier alpha value is -2.09. The fourth-order valence-corrected chi connectivity index (χ4v) is 4.14. The molecule has 25 heavy (non-hydrogen) atoms. The Morgan fingerprint density at radius 1 is 0.800 bits per heavy atom. The van der Waals surface area contributed by atoms with Crippen LogP contribution in [-0.4, -0.2) is 32.9 Å². The molecule has 0 saturated carbocycles. The van der Waals surface area contributed by atoms with Crippen molar-refractivity contribution in [3.05, 3.63) is 46.5 Å². The average Bonchev–Trinajstić information content (AvgIpc) is 2.55. The van der Waals surface area contributed by atoms with E-state index in [1.54, 1.807) is 13.8 Å². The smallest absolute Gasteiger partial charge is 0.206 e. The van der Waals surface area contributed by atoms with Crippen molar-refractivity contribution in [2.45, 2.75) is 36.9 Å². The van der Waals surface area contributed by atoms with Crippen LogP contribution in [-0.2, 0) is 32.5 Å². The van der Waals surface area contributed by atoms with Crippen molar-refractivity contribution in [2.24, 2.45) is 0 Å². The molecule has 0 spiro atoms. The molecule has 2 aromatic rings. The number of ether oxygens (including phenoxy) is 2. The quantitative estimate of drug-likeness (QED) is 0.817. The maximum Gasteiger partial charge on any atom is 0.206 e. The zero-order chi connectivity index (χ0) is 18.8. The van der Waals surface area contributed by atoms with Gasteiger partial charge in [-0.2, -0.15) is 0 Å². The second-order valence-electron chi connectivity index (χ2n) is 5.87. The number of hydrogen-bond acceptors (Lipinski definition) is 6. The molecular formula is C18H22O6S. The summed E-state index contributed by atoms with van der Waals surface area (Å²) < 4.78 is 36.1. The highest BCUT2D eigenvalue weighted by atomic mass is 32.2. The molecule has 0 radical (unpaired) electrons. The maximum absolute atomic E-state index is 13.0. The van der Waals surface area contributed by atoms with E-state index in [9.17, 15) is 18.6 Å². The number of phenols is 2. The molecule has 0 heterocycles. The van der Waals surface area contributed by atoms with Crippen LogP contribution in [0, 0.1) is 13.8 Å². The first kappa shape index (κ1) is 19.2. The van der Waals surface area contributed by atoms with Crippen LogP contribution in [0.5, 0.6) is 11.5 Å². The SMILES string of the molecule is COCc1cc(S(=O)(=O)c2cc(C)c(O)c(COC)c2)cc(C)c1O. The molecule has 0 aliphatic rings. The van der Waals surface area contributed by atoms with Gasteiger partial charge in [0.15, 0.2) is 0 Å². The molecule has 0 aromatic heterocycles. The highest BCUT2D eigenvalue weighted by Gasteiger charge is 2.23. The molecule has 0 saturated heterocycles. The molecule has 0 aliphatic carbocycles. The van der Waals surface area contributed by atoms with Gasteiger partial charge in [0.25, 0.3) is 0 Å². The lowest BCUT2D eigenvalue weighted by molar-refractivity contribution is 0.181. The lowest BCUT2D eigenvalue weighted by Gasteiger charge is -2.13. The van der Waals surface area contributed by atoms with E-state index in [0.717, 1.165) is 0 Å². The molecule has 0 atom stereocenters. The third kappa shape index (κ3) is 3.78. The summed E-state index contributed by atoms with van der Waals surface area (Å²) in [6, 6.07) is 5.64. The lowest BCUT2D eigenvalue weighted by Crippen LogP contribution is -2.06. The molecule has 2 rings (SSSR count). The van der Waals surface area contributed by atoms with Crippen molar-refractivity contribution in [1.29, 1.82) is 0 Å². The van der Waals surface area contributed by atoms with Crippen LogP contribution in [0.1, 0.15) is 22.3 Å². The van der Waals surface area contributed by atoms with Gasteiger partial charge in [-0.3, -0.25) is 0 Å². The summed E-state index contributed by atoms with van der Waals surface area (Å²) in [6.45, 7) is 3.46. The predicted molar refractivity (Wildman–Crippen MR) is 92.6 cm³/mol. The van der Waals surface area contributed by atoms with Gasteiger partial charge in [-0.05, 0) is 49.2 Å². The molecule has 2 N–H and O–H groups in total. The maximum atomic E-state index is 13.0. The number of rotatable bonds is 6. The monoisotopic (exact) mass is 366 g/mol. The van der Waals surface area contributed by atoms with Crippen LogP contribution >= 0.6 is 0 Å². The second-order valence-corrected chi connectivity index (χ2v) is 7.81. The van der Waals surface area contributed by atoms with E-state index in [-0.39, 0.29) is 34.5 Å². The van der Waals surface area contributed by atoms with Gasteiger partial charge in [0.2, 0.25) is 9.84 Å². The third-order valence-electron chi connectivity index (χ3n) is 3.93. The van der Waals surface area contributed by atoms with Crippen molar-refractivity contribution in [2.75, 3.05) is 14.2 Å². The van der Waals surface area contributed by atoms with Gasteiger partial charge in [0, 0.05) is 25.3 Å². The summed E-state index contributed by atoms with van der Waals surface area (Å²) in [6.07, 6.45) is 0. The standard InChI is InChI=1S/C18H22O6S/c1-11-5-15(7-13(9-23-3)17(11)19)25(21,22)16-6-12(2)18(20)14(8-16)10-24-4/h5-8,19-20H,9-10H2,1-4H3. The Balaban J connectivity index is 2.63. The number of aryl methyl sites for hydroxylation is 2. The van der Waals surface area contributed by atoms with Gasteiger partial charge in [-0.1, -0.05) is 0 Å². The minimum absolute atomic E-state index is 0.0164. The molecule has 0 bridgehead atoms. The number of benzene rings is 2. The van der Waals surface area contributed by atoms with E-state index in [1.165, 1.54) is 38.5 Å². The predicted octanol–water partition coefficient (Wildman–Crippen LogP) is 2.84. The summed E-state index contributed by atoms with van der Waals surface area (Å²) in [5.74, 6) is 0.0329. The van der Waals surface area contributed by atoms with E-state index in [0.29, 0.717) is 22.3 Å². The number of sulfone groups is 1. The molecule has 0 aliphatic heterocycles. The van der Waals surface area contributed by atoms with Gasteiger partial charge >= 0.3 is 0 Å². The molecule has 0 fully saturated rings. The first-order chi connectivity index (χ1) is 11.7. The van der Waals surface area contributed by atoms with E-state index < -0.39 is 9.84 Å². The number of phenolic OH excluding ortho intramolecular Hbond substituents is 2. The molecule has 7 heteroatoms. The zero-order valence-corrected chi connectivity index (χ0v) is 15.5. The zero-order valence-electron chi connectivity index (χ0n) is 14.7. The number of methoxy groups -OCH3 is 2. The van der Waals surface area contributed by atoms with Crippen molar-refractivity contribution < 1.29 is 28.1 Å². The second kappa shape index (κ2) is 7.43. The van der Waals surface area contributed by atoms with E-state index in [4.69, 9.17) is 9.47 Å². The van der Waals surface area contributed by atoms with Gasteiger partial charge in [0.1, 0.15) is 11.5 Å². The van der Waals surface area contributed by atoms with E-state index >= 15 is 0 Å². The first-order valence-electron chi connectivity index (χ1n) is 7.60. The molecule has 2 aromatic carbocycles. The van der Waals surface area contributed by atoms with Crippen LogP contribution in [0.4, 0.5) is 0 Å². The number of aromatic hydroxyl groups is 2. The molecular weight excluding hydrogens is 344 g/mol. The van der Waals surface area contributed by atoms with Crippen LogP contribution in [0.25, 0.3) is 0 Å². The van der Waals surface area contributed by atoms with Crippen molar-refractivity contribution in [3.8, 4) is 11.5 Å². The average molecular weight is 366 g/mol. The summed E-state index contributed by atoms with van der Waals surface area (Å²) in [7, 11) is -0.895. The summed E-state index contributed by atoms with van der Waals surface area (Å²) >= 11 is 0. The first-order valence-corrected chi connectivity index (χ1v) is 9.08. The Bertz CT molecular complexity index is 819. The van der Waals surface area contributed by atoms with Gasteiger partial charge < -0.3 is 19.7 Å². The normalized spacial score (nSPS) is 11.7. The molecule has 136 valence electrons. The van der Waals surface area contributed by atoms with Crippen molar-refractivity contribution in [3.63, 3.8) is 0 Å². The third-order valence-corrected chi connectivity index (χ3v) is 5.64. The largest absolute Gasteiger partial charge is 0.507 e. The summed E-state index contributed by atoms with van der Waals surface area (Å²) in [5.41, 5.74) is 1.68. The minimum Gasteiger partial charge on any atom is -0.507 e. The highest BCUT2D eigenvalue weighted by Crippen LogP contribution is 2.33. The molecule has 6 nitrogen and oxygen atoms in total. The fraction of sp³-hybridized carbons (Fsp3) is 0.333. The van der Waals surface area contributed by atoms with Gasteiger partial charge in [-0.15, -0.1) is 0 Å². The Morgan fingerprint density at radius 2 is 1.16 bits per heavy atom. The Kier molecular flexibility index (Phi) is 5.72. The molecule has 0 unspecified atom stereocenters. The van der Waals surface area contributed by atoms with Crippen LogP contribution in [0.3, 0.4) is 0 Å². The van der Waals surface area contributed by atoms with E-state index in [1.807, 2.05) is 0 Å². The van der Waals surface area contributed by atoms with Gasteiger partial charge in [-0.25, -0.2) is 8.42 Å². The molecule has 0 amide bonds. The van der Waals surface area contributed by atoms with Crippen LogP contribution in [0.2, 0.25) is 0 Å². The van der Waals surface area contributed by atoms with Crippen molar-refractivity contribution in [1.82, 2.24) is 0 Å². The van der Waals surface area contributed by atoms with Crippen molar-refractivity contribution >= 4 is 9.84 Å². The topological polar surface area (TPSA) is 93.1 Å². The lowest BCUT2D eigenvalue weighted by atomic mass is 10.1. The highest BCUT2D eigenvalue weighted by molar-refractivity contribution is 7.91. The summed E-state index contributed by atoms with van der Waals surface area (Å²) in [4.78, 5) is 0.117. The fourth-order valence-electron chi connectivity index (χ4n) is 2.61. The van der Waals surface area contributed by atoms with Crippen LogP contribution < -0.4 is 0 Å². The van der Waals surface area contributed by atoms with Crippen LogP contribution in [0.15, 0.2) is 34.1 Å². The number of hydrogen-bond donors (Lipinski definition) is 2. The van der Waals surface area contributed by atoms with E-state index in [2.05, 4.69) is 0 Å². The minimum atomic E-state index is -3.83. The summed E-state index contributed by atoms with van der Waals surface area (Å²) in [5, 5.41) is 20.1. The van der Waals surface area contributed by atoms with Gasteiger partial charge in [0.05, 0.1) is 23.0 Å². The Labute approximate surface area is 147 Å².